The van der Waals surface area contributed by atoms with E-state index < -0.39 is 0 Å². The first-order valence-corrected chi connectivity index (χ1v) is 6.12. The molecule has 0 saturated carbocycles. The van der Waals surface area contributed by atoms with Crippen LogP contribution < -0.4 is 5.32 Å². The molecule has 2 unspecified atom stereocenters. The smallest absolute Gasteiger partial charge is 0.0662 e. The zero-order valence-corrected chi connectivity index (χ0v) is 10.1. The summed E-state index contributed by atoms with van der Waals surface area (Å²) in [6, 6.07) is 0.549. The van der Waals surface area contributed by atoms with Crippen molar-refractivity contribution in [3.8, 4) is 0 Å². The van der Waals surface area contributed by atoms with Gasteiger partial charge in [-0.25, -0.2) is 0 Å². The highest BCUT2D eigenvalue weighted by molar-refractivity contribution is 4.64. The Morgan fingerprint density at radius 1 is 1.14 bits per heavy atom. The molecule has 86 valence electrons. The molecule has 2 atom stereocenters. The molecule has 2 N–H and O–H groups in total. The van der Waals surface area contributed by atoms with Gasteiger partial charge in [-0.1, -0.05) is 39.5 Å². The summed E-state index contributed by atoms with van der Waals surface area (Å²) in [5.74, 6) is 0. The van der Waals surface area contributed by atoms with Gasteiger partial charge in [0.2, 0.25) is 0 Å². The summed E-state index contributed by atoms with van der Waals surface area (Å²) in [6.07, 6.45) is 7.21. The number of hydrogen-bond acceptors (Lipinski definition) is 2. The molecule has 0 bridgehead atoms. The highest BCUT2D eigenvalue weighted by Gasteiger charge is 2.04. The van der Waals surface area contributed by atoms with Gasteiger partial charge in [-0.15, -0.1) is 0 Å². The maximum Gasteiger partial charge on any atom is 0.0662 e. The summed E-state index contributed by atoms with van der Waals surface area (Å²) in [4.78, 5) is 0. The molecule has 0 aliphatic carbocycles. The molecule has 0 aromatic carbocycles. The summed E-state index contributed by atoms with van der Waals surface area (Å²) >= 11 is 0. The van der Waals surface area contributed by atoms with E-state index in [9.17, 15) is 5.11 Å². The van der Waals surface area contributed by atoms with Crippen molar-refractivity contribution in [1.29, 1.82) is 0 Å². The van der Waals surface area contributed by atoms with Crippen LogP contribution >= 0.6 is 0 Å². The van der Waals surface area contributed by atoms with E-state index in [1.54, 1.807) is 0 Å². The highest BCUT2D eigenvalue weighted by atomic mass is 16.3. The first-order chi connectivity index (χ1) is 6.70. The maximum absolute atomic E-state index is 9.35. The van der Waals surface area contributed by atoms with Crippen molar-refractivity contribution in [2.24, 2.45) is 0 Å². The lowest BCUT2D eigenvalue weighted by atomic mass is 10.1. The molecule has 0 spiro atoms. The van der Waals surface area contributed by atoms with Gasteiger partial charge in [0.05, 0.1) is 6.10 Å². The Kier molecular flexibility index (Phi) is 9.42. The molecule has 0 heterocycles. The zero-order valence-electron chi connectivity index (χ0n) is 10.1. The summed E-state index contributed by atoms with van der Waals surface area (Å²) in [5.41, 5.74) is 0. The predicted molar refractivity (Wildman–Crippen MR) is 62.5 cm³/mol. The maximum atomic E-state index is 9.35. The summed E-state index contributed by atoms with van der Waals surface area (Å²) in [6.45, 7) is 7.19. The van der Waals surface area contributed by atoms with Crippen molar-refractivity contribution < 1.29 is 5.11 Å². The molecule has 0 saturated heterocycles. The van der Waals surface area contributed by atoms with Crippen molar-refractivity contribution in [1.82, 2.24) is 5.32 Å². The summed E-state index contributed by atoms with van der Waals surface area (Å²) in [5, 5.41) is 12.7. The minimum Gasteiger partial charge on any atom is -0.392 e. The zero-order chi connectivity index (χ0) is 10.8. The van der Waals surface area contributed by atoms with Crippen molar-refractivity contribution in [2.75, 3.05) is 6.54 Å². The van der Waals surface area contributed by atoms with E-state index in [1.165, 1.54) is 32.1 Å². The van der Waals surface area contributed by atoms with Gasteiger partial charge in [0.1, 0.15) is 0 Å². The normalized spacial score (nSPS) is 15.4. The van der Waals surface area contributed by atoms with Crippen molar-refractivity contribution in [2.45, 2.75) is 71.4 Å². The average Bonchev–Trinajstić information content (AvgIpc) is 2.21. The summed E-state index contributed by atoms with van der Waals surface area (Å²) < 4.78 is 0. The van der Waals surface area contributed by atoms with Gasteiger partial charge < -0.3 is 10.4 Å². The molecule has 14 heavy (non-hydrogen) atoms. The topological polar surface area (TPSA) is 32.3 Å². The van der Waals surface area contributed by atoms with Crippen LogP contribution in [-0.4, -0.2) is 23.8 Å². The summed E-state index contributed by atoms with van der Waals surface area (Å²) in [7, 11) is 0. The third-order valence-corrected chi connectivity index (χ3v) is 2.66. The monoisotopic (exact) mass is 201 g/mol. The van der Waals surface area contributed by atoms with E-state index in [1.807, 2.05) is 6.92 Å². The van der Waals surface area contributed by atoms with Gasteiger partial charge in [-0.2, -0.15) is 0 Å². The van der Waals surface area contributed by atoms with Gasteiger partial charge in [0.15, 0.2) is 0 Å². The van der Waals surface area contributed by atoms with Gasteiger partial charge in [-0.05, 0) is 19.8 Å². The van der Waals surface area contributed by atoms with Gasteiger partial charge in [0, 0.05) is 12.6 Å². The predicted octanol–water partition coefficient (Wildman–Crippen LogP) is 2.71. The molecule has 2 nitrogen and oxygen atoms in total. The molecule has 0 aliphatic heterocycles. The minimum atomic E-state index is -0.173. The first kappa shape index (κ1) is 13.9. The number of aliphatic hydroxyl groups excluding tert-OH is 1. The van der Waals surface area contributed by atoms with E-state index in [2.05, 4.69) is 19.2 Å². The van der Waals surface area contributed by atoms with Crippen molar-refractivity contribution >= 4 is 0 Å². The Morgan fingerprint density at radius 2 is 1.86 bits per heavy atom. The number of unbranched alkanes of at least 4 members (excludes halogenated alkanes) is 3. The van der Waals surface area contributed by atoms with Crippen LogP contribution in [0.15, 0.2) is 0 Å². The molecule has 0 aromatic heterocycles. The molecule has 0 aromatic rings. The second-order valence-corrected chi connectivity index (χ2v) is 4.22. The Balaban J connectivity index is 3.23. The standard InChI is InChI=1S/C12H27NO/c1-4-6-7-8-9-11(3)13-10-12(14)5-2/h11-14H,4-10H2,1-3H3. The number of rotatable bonds is 9. The first-order valence-electron chi connectivity index (χ1n) is 6.12. The van der Waals surface area contributed by atoms with E-state index in [4.69, 9.17) is 0 Å². The Hall–Kier alpha value is -0.0800. The fourth-order valence-corrected chi connectivity index (χ4v) is 1.46. The van der Waals surface area contributed by atoms with Crippen molar-refractivity contribution in [3.05, 3.63) is 0 Å². The number of hydrogen-bond donors (Lipinski definition) is 2. The molecule has 0 aliphatic rings. The van der Waals surface area contributed by atoms with E-state index in [0.717, 1.165) is 13.0 Å². The van der Waals surface area contributed by atoms with Crippen LogP contribution in [0.3, 0.4) is 0 Å². The Labute approximate surface area is 89.1 Å². The second kappa shape index (κ2) is 9.47. The van der Waals surface area contributed by atoms with Crippen LogP contribution in [0.5, 0.6) is 0 Å². The third kappa shape index (κ3) is 8.52. The van der Waals surface area contributed by atoms with E-state index >= 15 is 0 Å². The molecule has 2 heteroatoms. The largest absolute Gasteiger partial charge is 0.392 e. The Bertz CT molecular complexity index is 117. The van der Waals surface area contributed by atoms with Crippen LogP contribution in [0.25, 0.3) is 0 Å². The lowest BCUT2D eigenvalue weighted by Gasteiger charge is -2.15. The van der Waals surface area contributed by atoms with E-state index in [0.29, 0.717) is 6.04 Å². The average molecular weight is 201 g/mol. The number of nitrogens with one attached hydrogen (secondary N) is 1. The highest BCUT2D eigenvalue weighted by Crippen LogP contribution is 2.05. The van der Waals surface area contributed by atoms with Crippen LogP contribution in [0.1, 0.15) is 59.3 Å². The number of aliphatic hydroxyl groups is 1. The van der Waals surface area contributed by atoms with Crippen LogP contribution in [0.4, 0.5) is 0 Å². The SMILES string of the molecule is CCCCCCC(C)NCC(O)CC. The van der Waals surface area contributed by atoms with Crippen LogP contribution in [0.2, 0.25) is 0 Å². The van der Waals surface area contributed by atoms with Gasteiger partial charge in [0.25, 0.3) is 0 Å². The lowest BCUT2D eigenvalue weighted by molar-refractivity contribution is 0.163. The molecule has 0 amide bonds. The Morgan fingerprint density at radius 3 is 2.43 bits per heavy atom. The molecule has 0 radical (unpaired) electrons. The fraction of sp³-hybridized carbons (Fsp3) is 1.00. The van der Waals surface area contributed by atoms with Gasteiger partial charge in [-0.3, -0.25) is 0 Å². The molecule has 0 rings (SSSR count). The van der Waals surface area contributed by atoms with Crippen LogP contribution in [-0.2, 0) is 0 Å². The lowest BCUT2D eigenvalue weighted by Crippen LogP contribution is -2.33. The van der Waals surface area contributed by atoms with Crippen molar-refractivity contribution in [3.63, 3.8) is 0 Å². The molecule has 0 fully saturated rings. The van der Waals surface area contributed by atoms with E-state index in [-0.39, 0.29) is 6.10 Å². The second-order valence-electron chi connectivity index (χ2n) is 4.22. The molecular formula is C12H27NO. The quantitative estimate of drug-likeness (QED) is 0.562. The van der Waals surface area contributed by atoms with Gasteiger partial charge >= 0.3 is 0 Å². The third-order valence-electron chi connectivity index (χ3n) is 2.66. The molecular weight excluding hydrogens is 174 g/mol. The fourth-order valence-electron chi connectivity index (χ4n) is 1.46. The van der Waals surface area contributed by atoms with Crippen LogP contribution in [0, 0.1) is 0 Å². The minimum absolute atomic E-state index is 0.173.